The van der Waals surface area contributed by atoms with Crippen LogP contribution >= 0.6 is 0 Å². The lowest BCUT2D eigenvalue weighted by Gasteiger charge is -2.21. The van der Waals surface area contributed by atoms with Crippen LogP contribution in [-0.4, -0.2) is 21.5 Å². The van der Waals surface area contributed by atoms with Crippen molar-refractivity contribution in [1.29, 1.82) is 5.26 Å². The van der Waals surface area contributed by atoms with E-state index in [1.807, 2.05) is 6.07 Å². The van der Waals surface area contributed by atoms with E-state index >= 15 is 0 Å². The first-order valence-electron chi connectivity index (χ1n) is 6.55. The van der Waals surface area contributed by atoms with Crippen molar-refractivity contribution in [2.45, 2.75) is 20.0 Å². The fourth-order valence-corrected chi connectivity index (χ4v) is 2.28. The molecule has 0 bridgehead atoms. The first-order valence-corrected chi connectivity index (χ1v) is 6.55. The number of hydrogen-bond acceptors (Lipinski definition) is 5. The van der Waals surface area contributed by atoms with E-state index in [4.69, 9.17) is 5.26 Å². The van der Waals surface area contributed by atoms with Gasteiger partial charge in [-0.05, 0) is 13.0 Å². The third-order valence-electron chi connectivity index (χ3n) is 3.43. The number of nitro groups is 1. The van der Waals surface area contributed by atoms with Crippen molar-refractivity contribution < 1.29 is 13.7 Å². The summed E-state index contributed by atoms with van der Waals surface area (Å²) in [7, 11) is 1.59. The van der Waals surface area contributed by atoms with Gasteiger partial charge in [-0.3, -0.25) is 14.7 Å². The smallest absolute Gasteiger partial charge is 0.319 e. The van der Waals surface area contributed by atoms with Gasteiger partial charge in [0, 0.05) is 31.2 Å². The first-order chi connectivity index (χ1) is 10.8. The van der Waals surface area contributed by atoms with E-state index in [-0.39, 0.29) is 23.6 Å². The molecule has 0 atom stereocenters. The molecule has 1 aromatic heterocycles. The summed E-state index contributed by atoms with van der Waals surface area (Å²) < 4.78 is 26.4. The van der Waals surface area contributed by atoms with Crippen LogP contribution in [0.5, 0.6) is 0 Å². The zero-order chi connectivity index (χ0) is 17.1. The second-order valence-electron chi connectivity index (χ2n) is 4.89. The van der Waals surface area contributed by atoms with Crippen molar-refractivity contribution >= 4 is 11.4 Å². The standard InChI is InChI=1S/C14H13F2N5O2/c1-9-11(5-10(7-17)6-12(9)21(22)23)19(2)8-13-18-3-4-20(13)14(15)16/h3-6,14H,8H2,1-2H3. The van der Waals surface area contributed by atoms with Gasteiger partial charge in [0.05, 0.1) is 28.7 Å². The fraction of sp³-hybridized carbons (Fsp3) is 0.286. The fourth-order valence-electron chi connectivity index (χ4n) is 2.28. The minimum absolute atomic E-state index is 0.0181. The van der Waals surface area contributed by atoms with Crippen LogP contribution < -0.4 is 4.90 Å². The van der Waals surface area contributed by atoms with E-state index in [0.717, 1.165) is 6.20 Å². The zero-order valence-corrected chi connectivity index (χ0v) is 12.4. The Kier molecular flexibility index (Phi) is 4.55. The van der Waals surface area contributed by atoms with Gasteiger partial charge in [-0.2, -0.15) is 14.0 Å². The number of rotatable bonds is 5. The van der Waals surface area contributed by atoms with Gasteiger partial charge >= 0.3 is 6.55 Å². The normalized spacial score (nSPS) is 10.6. The molecule has 0 saturated carbocycles. The molecule has 23 heavy (non-hydrogen) atoms. The Balaban J connectivity index is 2.41. The molecule has 0 unspecified atom stereocenters. The molecule has 1 aromatic carbocycles. The largest absolute Gasteiger partial charge is 0.367 e. The lowest BCUT2D eigenvalue weighted by atomic mass is 10.1. The monoisotopic (exact) mass is 321 g/mol. The minimum atomic E-state index is -2.72. The van der Waals surface area contributed by atoms with Crippen LogP contribution in [0.4, 0.5) is 20.2 Å². The molecule has 0 aliphatic heterocycles. The highest BCUT2D eigenvalue weighted by molar-refractivity contribution is 5.65. The maximum atomic E-state index is 12.9. The summed E-state index contributed by atoms with van der Waals surface area (Å²) in [6, 6.07) is 4.53. The van der Waals surface area contributed by atoms with Crippen LogP contribution in [0.15, 0.2) is 24.5 Å². The van der Waals surface area contributed by atoms with Crippen LogP contribution in [0.2, 0.25) is 0 Å². The van der Waals surface area contributed by atoms with Gasteiger partial charge in [0.25, 0.3) is 5.69 Å². The summed E-state index contributed by atoms with van der Waals surface area (Å²) in [5, 5.41) is 20.1. The van der Waals surface area contributed by atoms with E-state index in [1.54, 1.807) is 18.9 Å². The molecule has 2 rings (SSSR count). The van der Waals surface area contributed by atoms with Crippen molar-refractivity contribution in [3.63, 3.8) is 0 Å². The Morgan fingerprint density at radius 1 is 1.52 bits per heavy atom. The number of halogens is 2. The van der Waals surface area contributed by atoms with Crippen molar-refractivity contribution in [2.24, 2.45) is 0 Å². The van der Waals surface area contributed by atoms with Gasteiger partial charge in [-0.1, -0.05) is 0 Å². The van der Waals surface area contributed by atoms with Crippen molar-refractivity contribution in [1.82, 2.24) is 9.55 Å². The summed E-state index contributed by atoms with van der Waals surface area (Å²) in [5.74, 6) is 0.118. The lowest BCUT2D eigenvalue weighted by Crippen LogP contribution is -2.21. The van der Waals surface area contributed by atoms with E-state index in [1.165, 1.54) is 18.3 Å². The Bertz CT molecular complexity index is 782. The summed E-state index contributed by atoms with van der Waals surface area (Å²) >= 11 is 0. The lowest BCUT2D eigenvalue weighted by molar-refractivity contribution is -0.385. The summed E-state index contributed by atoms with van der Waals surface area (Å²) in [6.45, 7) is -1.16. The number of benzene rings is 1. The van der Waals surface area contributed by atoms with Gasteiger partial charge in [-0.15, -0.1) is 0 Å². The average molecular weight is 321 g/mol. The maximum absolute atomic E-state index is 12.9. The molecule has 7 nitrogen and oxygen atoms in total. The molecular weight excluding hydrogens is 308 g/mol. The van der Waals surface area contributed by atoms with Crippen LogP contribution in [-0.2, 0) is 6.54 Å². The second-order valence-corrected chi connectivity index (χ2v) is 4.89. The molecule has 0 amide bonds. The third kappa shape index (κ3) is 3.26. The molecule has 0 radical (unpaired) electrons. The topological polar surface area (TPSA) is 88.0 Å². The zero-order valence-electron chi connectivity index (χ0n) is 12.4. The predicted octanol–water partition coefficient (Wildman–Crippen LogP) is 3.00. The molecule has 1 heterocycles. The van der Waals surface area contributed by atoms with E-state index in [9.17, 15) is 18.9 Å². The summed E-state index contributed by atoms with van der Waals surface area (Å²) in [4.78, 5) is 15.9. The van der Waals surface area contributed by atoms with Crippen LogP contribution in [0.3, 0.4) is 0 Å². The molecule has 0 fully saturated rings. The van der Waals surface area contributed by atoms with Gasteiger partial charge in [0.15, 0.2) is 0 Å². The molecule has 0 N–H and O–H groups in total. The summed E-state index contributed by atoms with van der Waals surface area (Å²) in [5.41, 5.74) is 0.704. The molecular formula is C14H13F2N5O2. The number of anilines is 1. The Hall–Kier alpha value is -3.02. The van der Waals surface area contributed by atoms with Gasteiger partial charge in [0.1, 0.15) is 5.82 Å². The number of alkyl halides is 2. The Labute approximate surface area is 130 Å². The van der Waals surface area contributed by atoms with Gasteiger partial charge < -0.3 is 4.90 Å². The molecule has 0 spiro atoms. The van der Waals surface area contributed by atoms with Crippen molar-refractivity contribution in [3.05, 3.63) is 51.6 Å². The number of nitrogens with zero attached hydrogens (tertiary/aromatic N) is 5. The Morgan fingerprint density at radius 3 is 2.78 bits per heavy atom. The highest BCUT2D eigenvalue weighted by atomic mass is 19.3. The van der Waals surface area contributed by atoms with E-state index in [0.29, 0.717) is 15.8 Å². The highest BCUT2D eigenvalue weighted by Crippen LogP contribution is 2.30. The molecule has 9 heteroatoms. The van der Waals surface area contributed by atoms with Crippen molar-refractivity contribution in [3.8, 4) is 6.07 Å². The number of nitro benzene ring substituents is 1. The van der Waals surface area contributed by atoms with Crippen LogP contribution in [0.1, 0.15) is 23.5 Å². The van der Waals surface area contributed by atoms with Crippen LogP contribution in [0, 0.1) is 28.4 Å². The number of hydrogen-bond donors (Lipinski definition) is 0. The first kappa shape index (κ1) is 16.4. The minimum Gasteiger partial charge on any atom is -0.367 e. The number of imidazole rings is 1. The second kappa shape index (κ2) is 6.39. The quantitative estimate of drug-likeness (QED) is 0.624. The summed E-state index contributed by atoms with van der Waals surface area (Å²) in [6.07, 6.45) is 2.42. The molecule has 0 aliphatic rings. The molecule has 0 aliphatic carbocycles. The van der Waals surface area contributed by atoms with Crippen LogP contribution in [0.25, 0.3) is 0 Å². The Morgan fingerprint density at radius 2 is 2.22 bits per heavy atom. The SMILES string of the molecule is Cc1c(N(C)Cc2nccn2C(F)F)cc(C#N)cc1[N+](=O)[O-]. The molecule has 120 valence electrons. The van der Waals surface area contributed by atoms with Crippen molar-refractivity contribution in [2.75, 3.05) is 11.9 Å². The molecule has 0 saturated heterocycles. The van der Waals surface area contributed by atoms with Gasteiger partial charge in [0.2, 0.25) is 0 Å². The third-order valence-corrected chi connectivity index (χ3v) is 3.43. The average Bonchev–Trinajstić information content (AvgIpc) is 2.95. The maximum Gasteiger partial charge on any atom is 0.319 e. The number of aromatic nitrogens is 2. The van der Waals surface area contributed by atoms with E-state index in [2.05, 4.69) is 4.98 Å². The molecule has 2 aromatic rings. The highest BCUT2D eigenvalue weighted by Gasteiger charge is 2.20. The number of nitriles is 1. The van der Waals surface area contributed by atoms with E-state index < -0.39 is 11.5 Å². The predicted molar refractivity (Wildman–Crippen MR) is 78.1 cm³/mol. The van der Waals surface area contributed by atoms with Gasteiger partial charge in [-0.25, -0.2) is 4.98 Å².